The van der Waals surface area contributed by atoms with Crippen LogP contribution in [0.5, 0.6) is 0 Å². The van der Waals surface area contributed by atoms with Crippen LogP contribution in [0.4, 0.5) is 0 Å². The van der Waals surface area contributed by atoms with Gasteiger partial charge >= 0.3 is 0 Å². The monoisotopic (exact) mass is 267 g/mol. The Balaban J connectivity index is 1.90. The molecule has 2 atom stereocenters. The quantitative estimate of drug-likeness (QED) is 0.857. The van der Waals surface area contributed by atoms with Crippen molar-refractivity contribution in [1.29, 1.82) is 0 Å². The highest BCUT2D eigenvalue weighted by molar-refractivity contribution is 4.99. The molecule has 19 heavy (non-hydrogen) atoms. The molecule has 2 heterocycles. The lowest BCUT2D eigenvalue weighted by molar-refractivity contribution is -0.0106. The molecule has 0 saturated carbocycles. The van der Waals surface area contributed by atoms with Crippen molar-refractivity contribution in [3.63, 3.8) is 0 Å². The molecule has 1 aromatic rings. The maximum Gasteiger partial charge on any atom is 0.226 e. The van der Waals surface area contributed by atoms with Gasteiger partial charge in [-0.3, -0.25) is 0 Å². The van der Waals surface area contributed by atoms with Crippen LogP contribution in [0.1, 0.15) is 57.7 Å². The number of methoxy groups -OCH3 is 1. The number of ether oxygens (including phenoxy) is 1. The Kier molecular flexibility index (Phi) is 4.93. The van der Waals surface area contributed by atoms with E-state index in [1.807, 2.05) is 6.92 Å². The standard InChI is InChI=1S/C14H25N3O2/c1-4-14(2,18-3)13-16-12(19-17-13)9-8-11-7-5-6-10-15-11/h11,15H,4-10H2,1-3H3. The predicted molar refractivity (Wildman–Crippen MR) is 72.9 cm³/mol. The first kappa shape index (κ1) is 14.5. The van der Waals surface area contributed by atoms with Crippen LogP contribution in [0, 0.1) is 0 Å². The second-order valence-electron chi connectivity index (χ2n) is 5.49. The SMILES string of the molecule is CCC(C)(OC)c1noc(CCC2CCCCN2)n1. The summed E-state index contributed by atoms with van der Waals surface area (Å²) in [5, 5.41) is 7.60. The van der Waals surface area contributed by atoms with Gasteiger partial charge in [-0.25, -0.2) is 0 Å². The summed E-state index contributed by atoms with van der Waals surface area (Å²) in [6, 6.07) is 0.601. The van der Waals surface area contributed by atoms with E-state index in [2.05, 4.69) is 22.4 Å². The molecule has 5 heteroatoms. The van der Waals surface area contributed by atoms with E-state index < -0.39 is 5.60 Å². The molecule has 0 bridgehead atoms. The third-order valence-corrected chi connectivity index (χ3v) is 4.19. The number of piperidine rings is 1. The second-order valence-corrected chi connectivity index (χ2v) is 5.49. The Morgan fingerprint density at radius 2 is 2.32 bits per heavy atom. The second kappa shape index (κ2) is 6.48. The largest absolute Gasteiger partial charge is 0.370 e. The minimum atomic E-state index is -0.440. The molecule has 1 aliphatic heterocycles. The van der Waals surface area contributed by atoms with Gasteiger partial charge in [-0.1, -0.05) is 18.5 Å². The van der Waals surface area contributed by atoms with Crippen molar-refractivity contribution < 1.29 is 9.26 Å². The summed E-state index contributed by atoms with van der Waals surface area (Å²) in [6.07, 6.45) is 6.61. The van der Waals surface area contributed by atoms with Gasteiger partial charge in [0.25, 0.3) is 0 Å². The fourth-order valence-corrected chi connectivity index (χ4v) is 2.43. The van der Waals surface area contributed by atoms with Crippen molar-refractivity contribution in [3.05, 3.63) is 11.7 Å². The summed E-state index contributed by atoms with van der Waals surface area (Å²) in [7, 11) is 1.69. The molecule has 0 aliphatic carbocycles. The molecule has 1 aliphatic rings. The minimum Gasteiger partial charge on any atom is -0.370 e. The third kappa shape index (κ3) is 3.54. The summed E-state index contributed by atoms with van der Waals surface area (Å²) in [5.41, 5.74) is -0.440. The molecule has 2 rings (SSSR count). The molecule has 108 valence electrons. The molecule has 1 aromatic heterocycles. The van der Waals surface area contributed by atoms with Crippen LogP contribution in [-0.4, -0.2) is 29.8 Å². The molecule has 5 nitrogen and oxygen atoms in total. The molecule has 0 aromatic carbocycles. The van der Waals surface area contributed by atoms with Crippen LogP contribution < -0.4 is 5.32 Å². The van der Waals surface area contributed by atoms with Crippen LogP contribution in [0.15, 0.2) is 4.52 Å². The molecular weight excluding hydrogens is 242 g/mol. The van der Waals surface area contributed by atoms with Gasteiger partial charge in [-0.2, -0.15) is 4.98 Å². The van der Waals surface area contributed by atoms with E-state index in [9.17, 15) is 0 Å². The number of nitrogens with one attached hydrogen (secondary N) is 1. The Morgan fingerprint density at radius 1 is 1.47 bits per heavy atom. The number of hydrogen-bond donors (Lipinski definition) is 1. The lowest BCUT2D eigenvalue weighted by atomic mass is 10.0. The Morgan fingerprint density at radius 3 is 2.95 bits per heavy atom. The van der Waals surface area contributed by atoms with Gasteiger partial charge in [0.2, 0.25) is 11.7 Å². The fourth-order valence-electron chi connectivity index (χ4n) is 2.43. The Labute approximate surface area is 115 Å². The zero-order valence-electron chi connectivity index (χ0n) is 12.2. The van der Waals surface area contributed by atoms with Crippen LogP contribution in [0.25, 0.3) is 0 Å². The minimum absolute atomic E-state index is 0.440. The van der Waals surface area contributed by atoms with Crippen molar-refractivity contribution >= 4 is 0 Å². The van der Waals surface area contributed by atoms with Gasteiger partial charge in [0.15, 0.2) is 0 Å². The first-order valence-corrected chi connectivity index (χ1v) is 7.29. The molecule has 0 radical (unpaired) electrons. The molecule has 1 fully saturated rings. The van der Waals surface area contributed by atoms with Crippen LogP contribution in [0.3, 0.4) is 0 Å². The normalized spacial score (nSPS) is 23.2. The van der Waals surface area contributed by atoms with E-state index in [0.29, 0.717) is 11.9 Å². The molecular formula is C14H25N3O2. The van der Waals surface area contributed by atoms with Crippen molar-refractivity contribution in [2.75, 3.05) is 13.7 Å². The van der Waals surface area contributed by atoms with E-state index >= 15 is 0 Å². The van der Waals surface area contributed by atoms with Gasteiger partial charge in [0.05, 0.1) is 0 Å². The van der Waals surface area contributed by atoms with Crippen molar-refractivity contribution in [3.8, 4) is 0 Å². The lowest BCUT2D eigenvalue weighted by Gasteiger charge is -2.22. The zero-order chi connectivity index (χ0) is 13.7. The molecule has 2 unspecified atom stereocenters. The molecule has 1 N–H and O–H groups in total. The molecule has 1 saturated heterocycles. The van der Waals surface area contributed by atoms with E-state index in [4.69, 9.17) is 9.26 Å². The average molecular weight is 267 g/mol. The first-order chi connectivity index (χ1) is 9.18. The van der Waals surface area contributed by atoms with Gasteiger partial charge in [-0.05, 0) is 39.2 Å². The smallest absolute Gasteiger partial charge is 0.226 e. The lowest BCUT2D eigenvalue weighted by Crippen LogP contribution is -2.34. The summed E-state index contributed by atoms with van der Waals surface area (Å²) < 4.78 is 10.8. The topological polar surface area (TPSA) is 60.2 Å². The highest BCUT2D eigenvalue weighted by Gasteiger charge is 2.30. The molecule has 0 spiro atoms. The maximum atomic E-state index is 5.48. The number of rotatable bonds is 6. The maximum absolute atomic E-state index is 5.48. The number of nitrogens with zero attached hydrogens (tertiary/aromatic N) is 2. The summed E-state index contributed by atoms with van der Waals surface area (Å²) in [4.78, 5) is 4.48. The zero-order valence-corrected chi connectivity index (χ0v) is 12.2. The predicted octanol–water partition coefficient (Wildman–Crippen LogP) is 2.42. The average Bonchev–Trinajstić information content (AvgIpc) is 2.95. The summed E-state index contributed by atoms with van der Waals surface area (Å²) in [5.74, 6) is 1.38. The number of aryl methyl sites for hydroxylation is 1. The summed E-state index contributed by atoms with van der Waals surface area (Å²) >= 11 is 0. The highest BCUT2D eigenvalue weighted by Crippen LogP contribution is 2.25. The van der Waals surface area contributed by atoms with Crippen LogP contribution in [-0.2, 0) is 16.8 Å². The van der Waals surface area contributed by atoms with Crippen molar-refractivity contribution in [2.24, 2.45) is 0 Å². The van der Waals surface area contributed by atoms with E-state index in [0.717, 1.165) is 31.7 Å². The highest BCUT2D eigenvalue weighted by atomic mass is 16.5. The van der Waals surface area contributed by atoms with E-state index in [1.54, 1.807) is 7.11 Å². The van der Waals surface area contributed by atoms with Gasteiger partial charge in [0, 0.05) is 19.6 Å². The van der Waals surface area contributed by atoms with E-state index in [-0.39, 0.29) is 0 Å². The third-order valence-electron chi connectivity index (χ3n) is 4.19. The van der Waals surface area contributed by atoms with Gasteiger partial charge in [0.1, 0.15) is 5.60 Å². The van der Waals surface area contributed by atoms with Crippen LogP contribution >= 0.6 is 0 Å². The van der Waals surface area contributed by atoms with Crippen molar-refractivity contribution in [1.82, 2.24) is 15.5 Å². The van der Waals surface area contributed by atoms with E-state index in [1.165, 1.54) is 19.3 Å². The van der Waals surface area contributed by atoms with Crippen molar-refractivity contribution in [2.45, 2.75) is 64.0 Å². The Hall–Kier alpha value is -0.940. The number of hydrogen-bond acceptors (Lipinski definition) is 5. The Bertz CT molecular complexity index is 382. The van der Waals surface area contributed by atoms with Gasteiger partial charge < -0.3 is 14.6 Å². The van der Waals surface area contributed by atoms with Gasteiger partial charge in [-0.15, -0.1) is 0 Å². The van der Waals surface area contributed by atoms with Crippen LogP contribution in [0.2, 0.25) is 0 Å². The first-order valence-electron chi connectivity index (χ1n) is 7.29. The fraction of sp³-hybridized carbons (Fsp3) is 0.857. The molecule has 0 amide bonds. The summed E-state index contributed by atoms with van der Waals surface area (Å²) in [6.45, 7) is 5.19. The number of aromatic nitrogens is 2.